The summed E-state index contributed by atoms with van der Waals surface area (Å²) >= 11 is 0. The average molecular weight is 391 g/mol. The lowest BCUT2D eigenvalue weighted by molar-refractivity contribution is 0.0171. The molecule has 2 aromatic rings. The van der Waals surface area contributed by atoms with Gasteiger partial charge in [-0.1, -0.05) is 6.07 Å². The van der Waals surface area contributed by atoms with Crippen LogP contribution in [0, 0.1) is 0 Å². The van der Waals surface area contributed by atoms with E-state index in [0.717, 1.165) is 18.7 Å². The molecular formula is C18H21N3O5S. The van der Waals surface area contributed by atoms with Crippen LogP contribution < -0.4 is 14.2 Å². The van der Waals surface area contributed by atoms with Crippen molar-refractivity contribution in [3.63, 3.8) is 0 Å². The summed E-state index contributed by atoms with van der Waals surface area (Å²) in [5.41, 5.74) is 0.966. The number of aromatic nitrogens is 1. The standard InChI is InChI=1S/C18H21N3O5S/c22-27(23,15-3-4-17-18(10-15)26-13-25-17)20-12-16(14-2-1-5-19-11-14)21-6-8-24-9-7-21/h1-5,10-11,16,20H,6-9,12-13H2/t16-/m1/s1. The molecule has 9 heteroatoms. The molecule has 8 nitrogen and oxygen atoms in total. The van der Waals surface area contributed by atoms with Crippen molar-refractivity contribution in [1.82, 2.24) is 14.6 Å². The van der Waals surface area contributed by atoms with Gasteiger partial charge in [0.15, 0.2) is 11.5 Å². The molecule has 1 N–H and O–H groups in total. The number of fused-ring (bicyclic) bond motifs is 1. The molecule has 0 saturated carbocycles. The summed E-state index contributed by atoms with van der Waals surface area (Å²) in [4.78, 5) is 6.54. The van der Waals surface area contributed by atoms with Crippen LogP contribution in [0.4, 0.5) is 0 Å². The Morgan fingerprint density at radius 2 is 1.96 bits per heavy atom. The number of ether oxygens (including phenoxy) is 3. The Bertz CT molecular complexity index is 885. The molecule has 0 unspecified atom stereocenters. The quantitative estimate of drug-likeness (QED) is 0.790. The van der Waals surface area contributed by atoms with Crippen molar-refractivity contribution in [2.24, 2.45) is 0 Å². The van der Waals surface area contributed by atoms with Gasteiger partial charge in [-0.15, -0.1) is 0 Å². The Labute approximate surface area is 158 Å². The summed E-state index contributed by atoms with van der Waals surface area (Å²) in [7, 11) is -3.69. The van der Waals surface area contributed by atoms with Crippen LogP contribution in [0.2, 0.25) is 0 Å². The maximum absolute atomic E-state index is 12.8. The summed E-state index contributed by atoms with van der Waals surface area (Å²) < 4.78 is 44.2. The number of hydrogen-bond acceptors (Lipinski definition) is 7. The Morgan fingerprint density at radius 3 is 2.74 bits per heavy atom. The van der Waals surface area contributed by atoms with E-state index in [0.29, 0.717) is 24.7 Å². The molecule has 144 valence electrons. The van der Waals surface area contributed by atoms with E-state index in [1.54, 1.807) is 18.5 Å². The summed E-state index contributed by atoms with van der Waals surface area (Å²) in [6.45, 7) is 3.09. The minimum Gasteiger partial charge on any atom is -0.454 e. The molecule has 1 aromatic carbocycles. The fourth-order valence-electron chi connectivity index (χ4n) is 3.24. The third kappa shape index (κ3) is 4.06. The van der Waals surface area contributed by atoms with Crippen molar-refractivity contribution in [3.05, 3.63) is 48.3 Å². The van der Waals surface area contributed by atoms with Crippen LogP contribution >= 0.6 is 0 Å². The zero-order chi connectivity index (χ0) is 18.7. The highest BCUT2D eigenvalue weighted by Gasteiger charge is 2.26. The van der Waals surface area contributed by atoms with E-state index in [-0.39, 0.29) is 24.3 Å². The van der Waals surface area contributed by atoms with Gasteiger partial charge in [0, 0.05) is 38.1 Å². The fraction of sp³-hybridized carbons (Fsp3) is 0.389. The maximum atomic E-state index is 12.8. The lowest BCUT2D eigenvalue weighted by Crippen LogP contribution is -2.43. The van der Waals surface area contributed by atoms with Gasteiger partial charge < -0.3 is 14.2 Å². The number of pyridine rings is 1. The highest BCUT2D eigenvalue weighted by molar-refractivity contribution is 7.89. The molecule has 1 fully saturated rings. The van der Waals surface area contributed by atoms with E-state index in [4.69, 9.17) is 14.2 Å². The van der Waals surface area contributed by atoms with Crippen molar-refractivity contribution in [1.29, 1.82) is 0 Å². The predicted molar refractivity (Wildman–Crippen MR) is 97.1 cm³/mol. The van der Waals surface area contributed by atoms with Gasteiger partial charge in [0.05, 0.1) is 24.2 Å². The fourth-order valence-corrected chi connectivity index (χ4v) is 4.29. The Kier molecular flexibility index (Phi) is 5.26. The minimum atomic E-state index is -3.69. The monoisotopic (exact) mass is 391 g/mol. The van der Waals surface area contributed by atoms with Gasteiger partial charge in [0.2, 0.25) is 16.8 Å². The van der Waals surface area contributed by atoms with Gasteiger partial charge in [0.25, 0.3) is 0 Å². The topological polar surface area (TPSA) is 90.0 Å². The average Bonchev–Trinajstić information content (AvgIpc) is 3.18. The van der Waals surface area contributed by atoms with Crippen molar-refractivity contribution in [3.8, 4) is 11.5 Å². The van der Waals surface area contributed by atoms with E-state index in [9.17, 15) is 8.42 Å². The molecule has 1 aromatic heterocycles. The number of sulfonamides is 1. The van der Waals surface area contributed by atoms with Crippen molar-refractivity contribution >= 4 is 10.0 Å². The van der Waals surface area contributed by atoms with Gasteiger partial charge in [-0.05, 0) is 23.8 Å². The number of hydrogen-bond donors (Lipinski definition) is 1. The number of rotatable bonds is 6. The molecule has 0 bridgehead atoms. The first-order chi connectivity index (χ1) is 13.1. The smallest absolute Gasteiger partial charge is 0.240 e. The lowest BCUT2D eigenvalue weighted by atomic mass is 10.1. The predicted octanol–water partition coefficient (Wildman–Crippen LogP) is 1.16. The number of benzene rings is 1. The Hall–Kier alpha value is -2.20. The van der Waals surface area contributed by atoms with Gasteiger partial charge in [0.1, 0.15) is 0 Å². The lowest BCUT2D eigenvalue weighted by Gasteiger charge is -2.34. The zero-order valence-electron chi connectivity index (χ0n) is 14.7. The highest BCUT2D eigenvalue weighted by atomic mass is 32.2. The van der Waals surface area contributed by atoms with Gasteiger partial charge in [-0.25, -0.2) is 13.1 Å². The molecule has 1 saturated heterocycles. The molecule has 0 radical (unpaired) electrons. The van der Waals surface area contributed by atoms with Crippen molar-refractivity contribution in [2.75, 3.05) is 39.6 Å². The van der Waals surface area contributed by atoms with Crippen LogP contribution in [0.5, 0.6) is 11.5 Å². The van der Waals surface area contributed by atoms with Crippen LogP contribution in [-0.4, -0.2) is 57.9 Å². The van der Waals surface area contributed by atoms with E-state index in [2.05, 4.69) is 14.6 Å². The van der Waals surface area contributed by atoms with Crippen molar-refractivity contribution in [2.45, 2.75) is 10.9 Å². The van der Waals surface area contributed by atoms with E-state index < -0.39 is 10.0 Å². The van der Waals surface area contributed by atoms with E-state index >= 15 is 0 Å². The summed E-state index contributed by atoms with van der Waals surface area (Å²) in [5.74, 6) is 0.991. The second-order valence-electron chi connectivity index (χ2n) is 6.32. The van der Waals surface area contributed by atoms with Crippen LogP contribution in [0.15, 0.2) is 47.6 Å². The number of nitrogens with one attached hydrogen (secondary N) is 1. The van der Waals surface area contributed by atoms with Gasteiger partial charge in [-0.2, -0.15) is 0 Å². The molecule has 1 atom stereocenters. The molecule has 0 aliphatic carbocycles. The number of nitrogens with zero attached hydrogens (tertiary/aromatic N) is 2. The van der Waals surface area contributed by atoms with Gasteiger partial charge in [-0.3, -0.25) is 9.88 Å². The summed E-state index contributed by atoms with van der Waals surface area (Å²) in [5, 5.41) is 0. The summed E-state index contributed by atoms with van der Waals surface area (Å²) in [6.07, 6.45) is 3.48. The number of morpholine rings is 1. The van der Waals surface area contributed by atoms with Crippen molar-refractivity contribution < 1.29 is 22.6 Å². The van der Waals surface area contributed by atoms with Crippen LogP contribution in [0.1, 0.15) is 11.6 Å². The minimum absolute atomic E-state index is 0.104. The first-order valence-electron chi connectivity index (χ1n) is 8.74. The molecule has 4 rings (SSSR count). The molecule has 3 heterocycles. The first kappa shape index (κ1) is 18.2. The molecule has 0 amide bonds. The maximum Gasteiger partial charge on any atom is 0.240 e. The largest absolute Gasteiger partial charge is 0.454 e. The summed E-state index contributed by atoms with van der Waals surface area (Å²) in [6, 6.07) is 8.31. The molecule has 2 aliphatic heterocycles. The third-order valence-corrected chi connectivity index (χ3v) is 6.10. The van der Waals surface area contributed by atoms with Crippen LogP contribution in [-0.2, 0) is 14.8 Å². The zero-order valence-corrected chi connectivity index (χ0v) is 15.5. The van der Waals surface area contributed by atoms with Crippen LogP contribution in [0.3, 0.4) is 0 Å². The third-order valence-electron chi connectivity index (χ3n) is 4.68. The molecule has 0 spiro atoms. The SMILES string of the molecule is O=S(=O)(NC[C@H](c1cccnc1)N1CCOCC1)c1ccc2c(c1)OCO2. The Morgan fingerprint density at radius 1 is 1.15 bits per heavy atom. The highest BCUT2D eigenvalue weighted by Crippen LogP contribution is 2.33. The second-order valence-corrected chi connectivity index (χ2v) is 8.08. The van der Waals surface area contributed by atoms with E-state index in [1.807, 2.05) is 12.1 Å². The molecule has 2 aliphatic rings. The van der Waals surface area contributed by atoms with Crippen LogP contribution in [0.25, 0.3) is 0 Å². The van der Waals surface area contributed by atoms with Gasteiger partial charge >= 0.3 is 0 Å². The molecule has 27 heavy (non-hydrogen) atoms. The first-order valence-corrected chi connectivity index (χ1v) is 10.2. The normalized spacial score (nSPS) is 18.4. The second kappa shape index (κ2) is 7.81. The molecular weight excluding hydrogens is 370 g/mol. The van der Waals surface area contributed by atoms with E-state index in [1.165, 1.54) is 12.1 Å². The Balaban J connectivity index is 1.52.